The smallest absolute Gasteiger partial charge is 0.0440 e. The summed E-state index contributed by atoms with van der Waals surface area (Å²) in [5.41, 5.74) is 17.3. The Balaban J connectivity index is 0.873. The average Bonchev–Trinajstić information content (AvgIpc) is 1.28. The third-order valence-electron chi connectivity index (χ3n) is 18.3. The zero-order valence-electron chi connectivity index (χ0n) is 46.7. The molecule has 0 fully saturated rings. The van der Waals surface area contributed by atoms with Gasteiger partial charge in [0.05, 0.1) is 0 Å². The summed E-state index contributed by atoms with van der Waals surface area (Å²) in [5.74, 6) is 0. The molecule has 2 heterocycles. The Hall–Kier alpha value is -10.5. The molecule has 0 amide bonds. The SMILES string of the molecule is c1cc(-c2cccc3ccccc23)cc(-c2c3ccccc3c(-c3ccc(-c4ccc(-c5c6ccccc6c(-c6cccc7sc8ccccc8c67)c6ccccc56)c(-c5cccc6ccccc56)c4)c4sc5ccccc5c34)c3ccccc23)c1. The Morgan fingerprint density at radius 3 is 1.15 bits per heavy atom. The summed E-state index contributed by atoms with van der Waals surface area (Å²) in [7, 11) is 0. The molecule has 0 atom stereocenters. The molecule has 0 unspecified atom stereocenters. The number of hydrogen-bond acceptors (Lipinski definition) is 2. The third-order valence-corrected chi connectivity index (χ3v) is 20.6. The van der Waals surface area contributed by atoms with Gasteiger partial charge >= 0.3 is 0 Å². The van der Waals surface area contributed by atoms with Crippen LogP contribution in [-0.2, 0) is 0 Å². The third kappa shape index (κ3) is 7.47. The molecule has 18 rings (SSSR count). The second-order valence-electron chi connectivity index (χ2n) is 22.8. The van der Waals surface area contributed by atoms with E-state index in [2.05, 4.69) is 303 Å². The van der Waals surface area contributed by atoms with Gasteiger partial charge in [0.15, 0.2) is 0 Å². The molecule has 0 nitrogen and oxygen atoms in total. The maximum atomic E-state index is 2.51. The lowest BCUT2D eigenvalue weighted by molar-refractivity contribution is 1.62. The average molecular weight is 1120 g/mol. The van der Waals surface area contributed by atoms with E-state index in [1.165, 1.54) is 183 Å². The number of fused-ring (bicyclic) bond motifs is 12. The number of thiophene rings is 2. The van der Waals surface area contributed by atoms with E-state index in [0.717, 1.165) is 0 Å². The van der Waals surface area contributed by atoms with Gasteiger partial charge < -0.3 is 0 Å². The highest BCUT2D eigenvalue weighted by Crippen LogP contribution is 2.54. The van der Waals surface area contributed by atoms with Crippen molar-refractivity contribution in [3.63, 3.8) is 0 Å². The van der Waals surface area contributed by atoms with Crippen molar-refractivity contribution < 1.29 is 0 Å². The molecule has 2 aromatic heterocycles. The Morgan fingerprint density at radius 2 is 0.547 bits per heavy atom. The molecule has 0 saturated carbocycles. The summed E-state index contributed by atoms with van der Waals surface area (Å²) in [4.78, 5) is 0. The van der Waals surface area contributed by atoms with Gasteiger partial charge in [0.1, 0.15) is 0 Å². The molecule has 0 saturated heterocycles. The van der Waals surface area contributed by atoms with Gasteiger partial charge in [-0.15, -0.1) is 22.7 Å². The van der Waals surface area contributed by atoms with Crippen LogP contribution in [0.25, 0.3) is 183 Å². The summed E-state index contributed by atoms with van der Waals surface area (Å²) >= 11 is 3.80. The quantitative estimate of drug-likeness (QED) is 0.140. The Bertz CT molecular complexity index is 5730. The van der Waals surface area contributed by atoms with Crippen molar-refractivity contribution in [1.82, 2.24) is 0 Å². The maximum absolute atomic E-state index is 2.51. The molecule has 0 aliphatic rings. The van der Waals surface area contributed by atoms with Crippen LogP contribution in [0.2, 0.25) is 0 Å². The summed E-state index contributed by atoms with van der Waals surface area (Å²) in [5, 5.41) is 20.1. The van der Waals surface area contributed by atoms with Crippen molar-refractivity contribution in [1.29, 1.82) is 0 Å². The molecule has 0 radical (unpaired) electrons. The fourth-order valence-corrected chi connectivity index (χ4v) is 17.0. The molecule has 2 heteroatoms. The van der Waals surface area contributed by atoms with Crippen molar-refractivity contribution in [3.05, 3.63) is 303 Å². The van der Waals surface area contributed by atoms with Gasteiger partial charge in [-0.2, -0.15) is 0 Å². The second kappa shape index (κ2) is 19.6. The lowest BCUT2D eigenvalue weighted by Crippen LogP contribution is -1.94. The number of benzene rings is 16. The predicted octanol–water partition coefficient (Wildman–Crippen LogP) is 25.0. The lowest BCUT2D eigenvalue weighted by Gasteiger charge is -2.22. The molecule has 0 aliphatic carbocycles. The molecule has 86 heavy (non-hydrogen) atoms. The van der Waals surface area contributed by atoms with Gasteiger partial charge in [0.25, 0.3) is 0 Å². The largest absolute Gasteiger partial charge is 0.135 e. The Labute approximate surface area is 505 Å². The Morgan fingerprint density at radius 1 is 0.174 bits per heavy atom. The molecule has 398 valence electrons. The van der Waals surface area contributed by atoms with E-state index in [1.807, 2.05) is 22.7 Å². The highest BCUT2D eigenvalue weighted by atomic mass is 32.1. The number of rotatable bonds is 7. The van der Waals surface area contributed by atoms with Crippen LogP contribution in [0.5, 0.6) is 0 Å². The standard InChI is InChI=1S/C84H50S2/c1-3-27-56-51(21-1)23-18-39-58(56)53-25-17-26-55(49-53)78-61-29-5-7-31-63(61)81(64-32-8-6-30-62(64)78)73-48-47-59(84-83(73)71-38-14-16-43-76(71)86-84)54-45-46-69(74(50-54)60-40-19-24-52-22-2-4-28-57(52)60)79-65-33-9-11-35-67(65)80(68-36-12-10-34-66(68)79)72-41-20-44-77-82(72)70-37-13-15-42-75(70)85-77/h1-50H. The fourth-order valence-electron chi connectivity index (χ4n) is 14.6. The van der Waals surface area contributed by atoms with Crippen molar-refractivity contribution in [2.24, 2.45) is 0 Å². The van der Waals surface area contributed by atoms with Crippen LogP contribution in [0.3, 0.4) is 0 Å². The summed E-state index contributed by atoms with van der Waals surface area (Å²) in [6.07, 6.45) is 0. The molecule has 0 N–H and O–H groups in total. The van der Waals surface area contributed by atoms with Crippen LogP contribution < -0.4 is 0 Å². The van der Waals surface area contributed by atoms with Crippen LogP contribution in [0.15, 0.2) is 303 Å². The minimum absolute atomic E-state index is 1.19. The monoisotopic (exact) mass is 1120 g/mol. The van der Waals surface area contributed by atoms with Gasteiger partial charge in [-0.05, 0) is 173 Å². The van der Waals surface area contributed by atoms with E-state index in [-0.39, 0.29) is 0 Å². The van der Waals surface area contributed by atoms with Crippen LogP contribution in [0.4, 0.5) is 0 Å². The van der Waals surface area contributed by atoms with E-state index in [1.54, 1.807) is 0 Å². The van der Waals surface area contributed by atoms with Gasteiger partial charge in [0.2, 0.25) is 0 Å². The number of hydrogen-bond donors (Lipinski definition) is 0. The van der Waals surface area contributed by atoms with Crippen LogP contribution in [0.1, 0.15) is 0 Å². The van der Waals surface area contributed by atoms with E-state index < -0.39 is 0 Å². The van der Waals surface area contributed by atoms with E-state index in [4.69, 9.17) is 0 Å². The van der Waals surface area contributed by atoms with E-state index in [9.17, 15) is 0 Å². The van der Waals surface area contributed by atoms with Crippen LogP contribution >= 0.6 is 22.7 Å². The topological polar surface area (TPSA) is 0 Å². The van der Waals surface area contributed by atoms with E-state index in [0.29, 0.717) is 0 Å². The molecule has 0 bridgehead atoms. The van der Waals surface area contributed by atoms with Crippen LogP contribution in [0, 0.1) is 0 Å². The minimum Gasteiger partial charge on any atom is -0.135 e. The predicted molar refractivity (Wildman–Crippen MR) is 375 cm³/mol. The molecular formula is C84H50S2. The fraction of sp³-hybridized carbons (Fsp3) is 0. The normalized spacial score (nSPS) is 12.0. The van der Waals surface area contributed by atoms with Crippen molar-refractivity contribution in [2.45, 2.75) is 0 Å². The first-order chi connectivity index (χ1) is 42.7. The van der Waals surface area contributed by atoms with Gasteiger partial charge in [-0.3, -0.25) is 0 Å². The Kier molecular flexibility index (Phi) is 11.1. The molecule has 0 aliphatic heterocycles. The van der Waals surface area contributed by atoms with Crippen LogP contribution in [-0.4, -0.2) is 0 Å². The minimum atomic E-state index is 1.19. The molecule has 16 aromatic carbocycles. The van der Waals surface area contributed by atoms with Crippen molar-refractivity contribution in [3.8, 4) is 77.9 Å². The molecular weight excluding hydrogens is 1070 g/mol. The zero-order chi connectivity index (χ0) is 56.4. The van der Waals surface area contributed by atoms with Gasteiger partial charge in [-0.1, -0.05) is 273 Å². The highest BCUT2D eigenvalue weighted by molar-refractivity contribution is 7.26. The van der Waals surface area contributed by atoms with Crippen molar-refractivity contribution >= 4 is 128 Å². The zero-order valence-corrected chi connectivity index (χ0v) is 48.3. The summed E-state index contributed by atoms with van der Waals surface area (Å²) < 4.78 is 5.19. The maximum Gasteiger partial charge on any atom is 0.0440 e. The first kappa shape index (κ1) is 49.0. The van der Waals surface area contributed by atoms with Gasteiger partial charge in [-0.25, -0.2) is 0 Å². The summed E-state index contributed by atoms with van der Waals surface area (Å²) in [6.45, 7) is 0. The van der Waals surface area contributed by atoms with E-state index >= 15 is 0 Å². The molecule has 18 aromatic rings. The summed E-state index contributed by atoms with van der Waals surface area (Å²) in [6, 6.07) is 114. The van der Waals surface area contributed by atoms with Gasteiger partial charge in [0, 0.05) is 40.3 Å². The molecule has 0 spiro atoms. The first-order valence-corrected chi connectivity index (χ1v) is 31.3. The van der Waals surface area contributed by atoms with Crippen molar-refractivity contribution in [2.75, 3.05) is 0 Å². The highest BCUT2D eigenvalue weighted by Gasteiger charge is 2.25. The second-order valence-corrected chi connectivity index (χ2v) is 25.0. The first-order valence-electron chi connectivity index (χ1n) is 29.6. The lowest BCUT2D eigenvalue weighted by atomic mass is 9.81.